The molecule has 2 nitrogen and oxygen atoms in total. The van der Waals surface area contributed by atoms with Gasteiger partial charge in [0.15, 0.2) is 5.78 Å². The van der Waals surface area contributed by atoms with Crippen LogP contribution in [0, 0.1) is 5.82 Å². The van der Waals surface area contributed by atoms with E-state index in [0.717, 1.165) is 10.0 Å². The number of ether oxygens (including phenoxy) is 1. The summed E-state index contributed by atoms with van der Waals surface area (Å²) in [5.74, 6) is 0.0869. The van der Waals surface area contributed by atoms with Crippen molar-refractivity contribution in [2.45, 2.75) is 6.42 Å². The van der Waals surface area contributed by atoms with E-state index in [9.17, 15) is 9.18 Å². The molecule has 0 aliphatic rings. The van der Waals surface area contributed by atoms with Crippen molar-refractivity contribution in [3.05, 3.63) is 62.3 Å². The van der Waals surface area contributed by atoms with Crippen LogP contribution in [0.2, 0.25) is 0 Å². The molecule has 0 atom stereocenters. The van der Waals surface area contributed by atoms with Gasteiger partial charge in [0, 0.05) is 16.5 Å². The third kappa shape index (κ3) is 3.46. The van der Waals surface area contributed by atoms with Gasteiger partial charge < -0.3 is 4.74 Å². The molecule has 0 unspecified atom stereocenters. The third-order valence-corrected chi connectivity index (χ3v) is 4.26. The predicted octanol–water partition coefficient (Wildman–Crippen LogP) is 4.78. The molecule has 104 valence electrons. The topological polar surface area (TPSA) is 26.3 Å². The first-order valence-corrected chi connectivity index (χ1v) is 7.40. The molecule has 2 aromatic rings. The molecule has 0 N–H and O–H groups in total. The van der Waals surface area contributed by atoms with Crippen LogP contribution in [-0.2, 0) is 6.42 Å². The summed E-state index contributed by atoms with van der Waals surface area (Å²) < 4.78 is 19.7. The van der Waals surface area contributed by atoms with Gasteiger partial charge in [-0.1, -0.05) is 22.0 Å². The van der Waals surface area contributed by atoms with Gasteiger partial charge in [-0.15, -0.1) is 0 Å². The molecule has 0 heterocycles. The van der Waals surface area contributed by atoms with Crippen molar-refractivity contribution in [1.82, 2.24) is 0 Å². The number of carbonyl (C=O) groups is 1. The second kappa shape index (κ2) is 6.50. The number of benzene rings is 2. The average molecular weight is 402 g/mol. The maximum absolute atomic E-state index is 13.4. The fourth-order valence-electron chi connectivity index (χ4n) is 1.76. The highest BCUT2D eigenvalue weighted by Gasteiger charge is 2.12. The van der Waals surface area contributed by atoms with Crippen LogP contribution in [0.3, 0.4) is 0 Å². The first kappa shape index (κ1) is 15.2. The number of carbonyl (C=O) groups excluding carboxylic acids is 1. The number of ketones is 1. The Kier molecular flexibility index (Phi) is 4.94. The fourth-order valence-corrected chi connectivity index (χ4v) is 2.39. The van der Waals surface area contributed by atoms with Crippen molar-refractivity contribution in [2.75, 3.05) is 7.11 Å². The Morgan fingerprint density at radius 1 is 1.15 bits per heavy atom. The number of methoxy groups -OCH3 is 1. The van der Waals surface area contributed by atoms with Gasteiger partial charge >= 0.3 is 0 Å². The summed E-state index contributed by atoms with van der Waals surface area (Å²) >= 11 is 6.46. The van der Waals surface area contributed by atoms with Gasteiger partial charge in [-0.3, -0.25) is 4.79 Å². The van der Waals surface area contributed by atoms with Gasteiger partial charge in [0.25, 0.3) is 0 Å². The predicted molar refractivity (Wildman–Crippen MR) is 82.8 cm³/mol. The molecule has 0 spiro atoms. The first-order chi connectivity index (χ1) is 9.51. The van der Waals surface area contributed by atoms with Crippen LogP contribution in [-0.4, -0.2) is 12.9 Å². The minimum atomic E-state index is -0.444. The zero-order chi connectivity index (χ0) is 14.7. The van der Waals surface area contributed by atoms with E-state index in [1.807, 2.05) is 6.07 Å². The molecular weight excluding hydrogens is 391 g/mol. The Bertz CT molecular complexity index is 656. The lowest BCUT2D eigenvalue weighted by Gasteiger charge is -2.07. The average Bonchev–Trinajstić information content (AvgIpc) is 2.44. The Labute approximate surface area is 133 Å². The van der Waals surface area contributed by atoms with Crippen molar-refractivity contribution >= 4 is 37.6 Å². The molecule has 0 saturated heterocycles. The van der Waals surface area contributed by atoms with Crippen LogP contribution in [0.1, 0.15) is 15.9 Å². The zero-order valence-corrected chi connectivity index (χ0v) is 13.8. The summed E-state index contributed by atoms with van der Waals surface area (Å²) in [6.45, 7) is 0. The Morgan fingerprint density at radius 3 is 2.50 bits per heavy atom. The van der Waals surface area contributed by atoms with Crippen LogP contribution in [0.15, 0.2) is 45.3 Å². The zero-order valence-electron chi connectivity index (χ0n) is 10.6. The van der Waals surface area contributed by atoms with Crippen LogP contribution in [0.4, 0.5) is 4.39 Å². The molecule has 0 radical (unpaired) electrons. The highest BCUT2D eigenvalue weighted by atomic mass is 79.9. The molecule has 0 aliphatic carbocycles. The van der Waals surface area contributed by atoms with Crippen molar-refractivity contribution in [3.8, 4) is 5.75 Å². The highest BCUT2D eigenvalue weighted by molar-refractivity contribution is 9.10. The monoisotopic (exact) mass is 400 g/mol. The maximum Gasteiger partial charge on any atom is 0.167 e. The minimum absolute atomic E-state index is 0.148. The van der Waals surface area contributed by atoms with E-state index in [1.165, 1.54) is 12.1 Å². The van der Waals surface area contributed by atoms with Crippen molar-refractivity contribution in [1.29, 1.82) is 0 Å². The number of hydrogen-bond donors (Lipinski definition) is 0. The Balaban J connectivity index is 2.25. The van der Waals surface area contributed by atoms with Crippen LogP contribution in [0.5, 0.6) is 5.75 Å². The number of halogens is 3. The van der Waals surface area contributed by atoms with Gasteiger partial charge in [-0.25, -0.2) is 4.39 Å². The van der Waals surface area contributed by atoms with Gasteiger partial charge in [-0.2, -0.15) is 0 Å². The molecule has 20 heavy (non-hydrogen) atoms. The molecular formula is C15H11Br2FO2. The van der Waals surface area contributed by atoms with Gasteiger partial charge in [-0.05, 0) is 51.8 Å². The number of Topliss-reactive ketones (excluding diaryl/α,β-unsaturated/α-hetero) is 1. The first-order valence-electron chi connectivity index (χ1n) is 5.82. The second-order valence-corrected chi connectivity index (χ2v) is 5.89. The van der Waals surface area contributed by atoms with Crippen molar-refractivity contribution in [3.63, 3.8) is 0 Å². The van der Waals surface area contributed by atoms with E-state index in [1.54, 1.807) is 25.3 Å². The van der Waals surface area contributed by atoms with E-state index in [2.05, 4.69) is 31.9 Å². The van der Waals surface area contributed by atoms with E-state index in [-0.39, 0.29) is 12.2 Å². The largest absolute Gasteiger partial charge is 0.497 e. The summed E-state index contributed by atoms with van der Waals surface area (Å²) in [5.41, 5.74) is 1.15. The molecule has 5 heteroatoms. The summed E-state index contributed by atoms with van der Waals surface area (Å²) in [6, 6.07) is 9.78. The number of hydrogen-bond acceptors (Lipinski definition) is 2. The molecule has 0 aliphatic heterocycles. The lowest BCUT2D eigenvalue weighted by atomic mass is 10.0. The standard InChI is InChI=1S/C15H11Br2FO2/c1-20-11-3-5-12(16)10(6-11)8-15(19)9-2-4-13(17)14(18)7-9/h2-7H,8H2,1H3. The third-order valence-electron chi connectivity index (χ3n) is 2.85. The summed E-state index contributed by atoms with van der Waals surface area (Å²) in [5, 5.41) is 0. The minimum Gasteiger partial charge on any atom is -0.497 e. The molecule has 0 amide bonds. The normalized spacial score (nSPS) is 10.4. The van der Waals surface area contributed by atoms with Crippen molar-refractivity contribution < 1.29 is 13.9 Å². The van der Waals surface area contributed by atoms with Crippen LogP contribution < -0.4 is 4.74 Å². The van der Waals surface area contributed by atoms with E-state index < -0.39 is 5.82 Å². The smallest absolute Gasteiger partial charge is 0.167 e. The lowest BCUT2D eigenvalue weighted by molar-refractivity contribution is 0.0992. The Hall–Kier alpha value is -1.20. The lowest BCUT2D eigenvalue weighted by Crippen LogP contribution is -2.05. The fraction of sp³-hybridized carbons (Fsp3) is 0.133. The Morgan fingerprint density at radius 2 is 1.85 bits per heavy atom. The molecule has 0 fully saturated rings. The van der Waals surface area contributed by atoms with Crippen LogP contribution in [0.25, 0.3) is 0 Å². The SMILES string of the molecule is COc1ccc(Br)c(CC(=O)c2ccc(Br)c(F)c2)c1. The van der Waals surface area contributed by atoms with Gasteiger partial charge in [0.05, 0.1) is 11.6 Å². The quantitative estimate of drug-likeness (QED) is 0.688. The van der Waals surface area contributed by atoms with Crippen LogP contribution >= 0.6 is 31.9 Å². The van der Waals surface area contributed by atoms with Gasteiger partial charge in [0.2, 0.25) is 0 Å². The summed E-state index contributed by atoms with van der Waals surface area (Å²) in [4.78, 5) is 12.2. The summed E-state index contributed by atoms with van der Waals surface area (Å²) in [6.07, 6.45) is 0.179. The van der Waals surface area contributed by atoms with E-state index in [4.69, 9.17) is 4.74 Å². The van der Waals surface area contributed by atoms with Crippen molar-refractivity contribution in [2.24, 2.45) is 0 Å². The molecule has 2 aromatic carbocycles. The molecule has 2 rings (SSSR count). The second-order valence-electron chi connectivity index (χ2n) is 4.19. The van der Waals surface area contributed by atoms with Gasteiger partial charge in [0.1, 0.15) is 11.6 Å². The summed E-state index contributed by atoms with van der Waals surface area (Å²) in [7, 11) is 1.57. The maximum atomic E-state index is 13.4. The molecule has 0 saturated carbocycles. The van der Waals surface area contributed by atoms with E-state index in [0.29, 0.717) is 15.8 Å². The molecule has 0 bridgehead atoms. The van der Waals surface area contributed by atoms with E-state index >= 15 is 0 Å². The highest BCUT2D eigenvalue weighted by Crippen LogP contribution is 2.24. The molecule has 0 aromatic heterocycles. The number of rotatable bonds is 4.